The van der Waals surface area contributed by atoms with E-state index in [2.05, 4.69) is 20.7 Å². The van der Waals surface area contributed by atoms with Crippen molar-refractivity contribution in [3.63, 3.8) is 0 Å². The Hall–Kier alpha value is -2.08. The van der Waals surface area contributed by atoms with Gasteiger partial charge in [-0.25, -0.2) is 9.67 Å². The van der Waals surface area contributed by atoms with Crippen LogP contribution in [0.3, 0.4) is 0 Å². The van der Waals surface area contributed by atoms with E-state index in [1.54, 1.807) is 19.1 Å². The van der Waals surface area contributed by atoms with Crippen molar-refractivity contribution in [2.24, 2.45) is 0 Å². The third-order valence-electron chi connectivity index (χ3n) is 2.82. The molecule has 1 heterocycles. The summed E-state index contributed by atoms with van der Waals surface area (Å²) in [6, 6.07) is 4.87. The molecule has 0 aliphatic rings. The highest BCUT2D eigenvalue weighted by molar-refractivity contribution is 6.31. The Morgan fingerprint density at radius 3 is 2.90 bits per heavy atom. The highest BCUT2D eigenvalue weighted by atomic mass is 35.5. The number of hydrogen-bond acceptors (Lipinski definition) is 4. The molecule has 0 saturated carbocycles. The number of halogens is 1. The maximum absolute atomic E-state index is 12.2. The van der Waals surface area contributed by atoms with E-state index < -0.39 is 6.04 Å². The summed E-state index contributed by atoms with van der Waals surface area (Å²) in [6.45, 7) is 4.49. The van der Waals surface area contributed by atoms with Crippen molar-refractivity contribution in [3.8, 4) is 0 Å². The van der Waals surface area contributed by atoms with Crippen molar-refractivity contribution >= 4 is 28.9 Å². The summed E-state index contributed by atoms with van der Waals surface area (Å²) in [6.07, 6.45) is 2.90. The van der Waals surface area contributed by atoms with Gasteiger partial charge in [0.25, 0.3) is 0 Å². The van der Waals surface area contributed by atoms with E-state index in [0.29, 0.717) is 10.7 Å². The van der Waals surface area contributed by atoms with Gasteiger partial charge in [0.15, 0.2) is 0 Å². The second-order valence-electron chi connectivity index (χ2n) is 4.26. The smallest absolute Gasteiger partial charge is 0.249 e. The topological polar surface area (TPSA) is 71.8 Å². The molecule has 6 nitrogen and oxygen atoms in total. The Kier molecular flexibility index (Phi) is 4.57. The summed E-state index contributed by atoms with van der Waals surface area (Å²) < 4.78 is 1.49. The van der Waals surface area contributed by atoms with Crippen molar-refractivity contribution in [1.82, 2.24) is 14.8 Å². The van der Waals surface area contributed by atoms with E-state index >= 15 is 0 Å². The zero-order valence-corrected chi connectivity index (χ0v) is 12.1. The molecule has 0 spiro atoms. The Bertz CT molecular complexity index is 584. The lowest BCUT2D eigenvalue weighted by Crippen LogP contribution is -2.24. The fraction of sp³-hybridized carbons (Fsp3) is 0.308. The highest BCUT2D eigenvalue weighted by Crippen LogP contribution is 2.26. The zero-order valence-electron chi connectivity index (χ0n) is 11.3. The minimum atomic E-state index is -0.453. The molecule has 0 aliphatic carbocycles. The lowest BCUT2D eigenvalue weighted by atomic mass is 10.2. The van der Waals surface area contributed by atoms with Gasteiger partial charge in [-0.1, -0.05) is 11.6 Å². The van der Waals surface area contributed by atoms with Crippen molar-refractivity contribution in [3.05, 3.63) is 35.9 Å². The van der Waals surface area contributed by atoms with E-state index in [9.17, 15) is 4.79 Å². The minimum Gasteiger partial charge on any atom is -0.384 e. The molecular formula is C13H16ClN5O. The Balaban J connectivity index is 2.16. The quantitative estimate of drug-likeness (QED) is 0.889. The maximum Gasteiger partial charge on any atom is 0.249 e. The molecule has 0 radical (unpaired) electrons. The van der Waals surface area contributed by atoms with Gasteiger partial charge in [0.1, 0.15) is 18.7 Å². The lowest BCUT2D eigenvalue weighted by molar-refractivity contribution is -0.119. The lowest BCUT2D eigenvalue weighted by Gasteiger charge is -2.15. The van der Waals surface area contributed by atoms with Crippen LogP contribution in [-0.2, 0) is 4.79 Å². The van der Waals surface area contributed by atoms with Gasteiger partial charge in [-0.3, -0.25) is 4.79 Å². The fourth-order valence-corrected chi connectivity index (χ4v) is 1.91. The third-order valence-corrected chi connectivity index (χ3v) is 3.05. The normalized spacial score (nSPS) is 11.9. The van der Waals surface area contributed by atoms with Gasteiger partial charge in [-0.2, -0.15) is 5.10 Å². The van der Waals surface area contributed by atoms with Gasteiger partial charge in [0, 0.05) is 11.6 Å². The summed E-state index contributed by atoms with van der Waals surface area (Å²) in [5.41, 5.74) is 1.48. The van der Waals surface area contributed by atoms with Crippen LogP contribution in [0.5, 0.6) is 0 Å². The molecule has 0 saturated heterocycles. The number of nitrogens with one attached hydrogen (secondary N) is 2. The van der Waals surface area contributed by atoms with E-state index in [-0.39, 0.29) is 5.91 Å². The van der Waals surface area contributed by atoms with Gasteiger partial charge in [0.2, 0.25) is 5.91 Å². The van der Waals surface area contributed by atoms with Gasteiger partial charge >= 0.3 is 0 Å². The summed E-state index contributed by atoms with van der Waals surface area (Å²) >= 11 is 5.97. The Morgan fingerprint density at radius 1 is 1.45 bits per heavy atom. The molecule has 7 heteroatoms. The maximum atomic E-state index is 12.2. The SMILES string of the molecule is CCNc1ccc(Cl)cc1NC(=O)[C@H](C)n1cncn1. The van der Waals surface area contributed by atoms with Gasteiger partial charge in [0.05, 0.1) is 11.4 Å². The number of nitrogens with zero attached hydrogens (tertiary/aromatic N) is 3. The van der Waals surface area contributed by atoms with Crippen molar-refractivity contribution in [2.45, 2.75) is 19.9 Å². The van der Waals surface area contributed by atoms with E-state index in [1.807, 2.05) is 13.0 Å². The van der Waals surface area contributed by atoms with E-state index in [0.717, 1.165) is 12.2 Å². The predicted molar refractivity (Wildman–Crippen MR) is 79.0 cm³/mol. The average Bonchev–Trinajstić information content (AvgIpc) is 2.95. The fourth-order valence-electron chi connectivity index (χ4n) is 1.74. The molecular weight excluding hydrogens is 278 g/mol. The summed E-state index contributed by atoms with van der Waals surface area (Å²) in [7, 11) is 0. The van der Waals surface area contributed by atoms with Crippen LogP contribution in [0.4, 0.5) is 11.4 Å². The first-order valence-corrected chi connectivity index (χ1v) is 6.68. The van der Waals surface area contributed by atoms with Crippen molar-refractivity contribution < 1.29 is 4.79 Å². The number of hydrogen-bond donors (Lipinski definition) is 2. The first-order chi connectivity index (χ1) is 9.61. The number of aromatic nitrogens is 3. The second-order valence-corrected chi connectivity index (χ2v) is 4.70. The van der Waals surface area contributed by atoms with Crippen molar-refractivity contribution in [2.75, 3.05) is 17.2 Å². The summed E-state index contributed by atoms with van der Waals surface area (Å²) in [5.74, 6) is -0.183. The monoisotopic (exact) mass is 293 g/mol. The van der Waals surface area contributed by atoms with Gasteiger partial charge in [-0.05, 0) is 32.0 Å². The molecule has 1 amide bonds. The molecule has 2 aromatic rings. The molecule has 1 aromatic heterocycles. The van der Waals surface area contributed by atoms with E-state index in [4.69, 9.17) is 11.6 Å². The molecule has 1 atom stereocenters. The minimum absolute atomic E-state index is 0.183. The molecule has 106 valence electrons. The third kappa shape index (κ3) is 3.27. The summed E-state index contributed by atoms with van der Waals surface area (Å²) in [4.78, 5) is 16.0. The molecule has 0 bridgehead atoms. The van der Waals surface area contributed by atoms with Crippen LogP contribution in [0.2, 0.25) is 5.02 Å². The number of anilines is 2. The largest absolute Gasteiger partial charge is 0.384 e. The molecule has 20 heavy (non-hydrogen) atoms. The molecule has 0 aliphatic heterocycles. The van der Waals surface area contributed by atoms with Crippen LogP contribution in [0, 0.1) is 0 Å². The number of carbonyl (C=O) groups excluding carboxylic acids is 1. The first kappa shape index (κ1) is 14.3. The molecule has 0 unspecified atom stereocenters. The second kappa shape index (κ2) is 6.38. The number of rotatable bonds is 5. The Labute approximate surface area is 122 Å². The number of amides is 1. The highest BCUT2D eigenvalue weighted by Gasteiger charge is 2.17. The van der Waals surface area contributed by atoms with E-state index in [1.165, 1.54) is 17.3 Å². The first-order valence-electron chi connectivity index (χ1n) is 6.30. The molecule has 2 rings (SSSR count). The standard InChI is InChI=1S/C13H16ClN5O/c1-3-16-11-5-4-10(14)6-12(11)18-13(20)9(2)19-8-15-7-17-19/h4-9,16H,3H2,1-2H3,(H,18,20)/t9-/m0/s1. The number of benzene rings is 1. The zero-order chi connectivity index (χ0) is 14.5. The van der Waals surface area contributed by atoms with Crippen LogP contribution in [0.1, 0.15) is 19.9 Å². The van der Waals surface area contributed by atoms with Crippen LogP contribution in [0.15, 0.2) is 30.9 Å². The van der Waals surface area contributed by atoms with Gasteiger partial charge < -0.3 is 10.6 Å². The van der Waals surface area contributed by atoms with Crippen molar-refractivity contribution in [1.29, 1.82) is 0 Å². The molecule has 1 aromatic carbocycles. The number of carbonyl (C=O) groups is 1. The average molecular weight is 294 g/mol. The molecule has 0 fully saturated rings. The van der Waals surface area contributed by atoms with Gasteiger partial charge in [-0.15, -0.1) is 0 Å². The van der Waals surface area contributed by atoms with Crippen LogP contribution < -0.4 is 10.6 Å². The summed E-state index contributed by atoms with van der Waals surface area (Å²) in [5, 5.41) is 10.5. The van der Waals surface area contributed by atoms with Crippen LogP contribution >= 0.6 is 11.6 Å². The Morgan fingerprint density at radius 2 is 2.25 bits per heavy atom. The van der Waals surface area contributed by atoms with Crippen LogP contribution in [-0.4, -0.2) is 27.2 Å². The molecule has 2 N–H and O–H groups in total. The predicted octanol–water partition coefficient (Wildman–Crippen LogP) is 2.56. The van der Waals surface area contributed by atoms with Crippen LogP contribution in [0.25, 0.3) is 0 Å².